The van der Waals surface area contributed by atoms with Crippen molar-refractivity contribution in [2.45, 2.75) is 64.3 Å². The van der Waals surface area contributed by atoms with Crippen molar-refractivity contribution in [3.05, 3.63) is 29.8 Å². The Balaban J connectivity index is 1.79. The Morgan fingerprint density at radius 1 is 1.18 bits per heavy atom. The molecule has 1 aliphatic rings. The summed E-state index contributed by atoms with van der Waals surface area (Å²) in [5.74, 6) is 3.53. The molecule has 1 fully saturated rings. The van der Waals surface area contributed by atoms with Crippen LogP contribution in [0.3, 0.4) is 0 Å². The maximum absolute atomic E-state index is 5.93. The minimum atomic E-state index is 0.128. The maximum atomic E-state index is 5.93. The van der Waals surface area contributed by atoms with E-state index in [2.05, 4.69) is 59.9 Å². The number of halogens is 1. The fourth-order valence-electron chi connectivity index (χ4n) is 3.54. The first-order valence-electron chi connectivity index (χ1n) is 9.01. The third-order valence-corrected chi connectivity index (χ3v) is 8.10. The molecule has 0 heterocycles. The lowest BCUT2D eigenvalue weighted by molar-refractivity contribution is 0.271. The minimum Gasteiger partial charge on any atom is -0.493 e. The van der Waals surface area contributed by atoms with E-state index in [-0.39, 0.29) is 7.02 Å². The first kappa shape index (κ1) is 18.3. The van der Waals surface area contributed by atoms with Crippen LogP contribution < -0.4 is 4.74 Å². The highest BCUT2D eigenvalue weighted by molar-refractivity contribution is 14.1. The van der Waals surface area contributed by atoms with Gasteiger partial charge in [0.05, 0.1) is 13.6 Å². The molecular weight excluding hydrogens is 399 g/mol. The average molecular weight is 430 g/mol. The van der Waals surface area contributed by atoms with E-state index in [1.807, 2.05) is 0 Å². The largest absolute Gasteiger partial charge is 0.493 e. The van der Waals surface area contributed by atoms with Crippen molar-refractivity contribution in [2.75, 3.05) is 6.61 Å². The Bertz CT molecular complexity index is 412. The summed E-state index contributed by atoms with van der Waals surface area (Å²) in [6, 6.07) is 10.3. The van der Waals surface area contributed by atoms with Gasteiger partial charge in [-0.2, -0.15) is 0 Å². The first-order valence-corrected chi connectivity index (χ1v) is 15.1. The molecule has 1 nitrogen and oxygen atoms in total. The molecule has 1 saturated carbocycles. The summed E-state index contributed by atoms with van der Waals surface area (Å²) in [5.41, 5.74) is 1.52. The number of hydrogen-bond acceptors (Lipinski definition) is 1. The summed E-state index contributed by atoms with van der Waals surface area (Å²) >= 11 is 2.58. The van der Waals surface area contributed by atoms with E-state index < -0.39 is 0 Å². The van der Waals surface area contributed by atoms with Crippen LogP contribution in [0.5, 0.6) is 5.75 Å². The zero-order valence-corrected chi connectivity index (χ0v) is 17.8. The molecule has 0 bridgehead atoms. The van der Waals surface area contributed by atoms with Crippen molar-refractivity contribution in [1.29, 1.82) is 0 Å². The highest BCUT2D eigenvalue weighted by atomic mass is 127. The van der Waals surface area contributed by atoms with Crippen LogP contribution in [-0.4, -0.2) is 13.6 Å². The van der Waals surface area contributed by atoms with Crippen LogP contribution >= 0.6 is 21.8 Å². The summed E-state index contributed by atoms with van der Waals surface area (Å²) in [6.45, 7) is 5.49. The smallest absolute Gasteiger partial charge is 0.119 e. The number of rotatable bonds is 8. The second-order valence-corrected chi connectivity index (χ2v) is 11.2. The van der Waals surface area contributed by atoms with E-state index >= 15 is 0 Å². The Morgan fingerprint density at radius 2 is 1.86 bits per heavy atom. The molecule has 1 aromatic rings. The average Bonchev–Trinajstić information content (AvgIpc) is 2.55. The van der Waals surface area contributed by atoms with Gasteiger partial charge in [0.15, 0.2) is 0 Å². The van der Waals surface area contributed by atoms with Crippen LogP contribution in [0.1, 0.15) is 63.9 Å². The number of benzene rings is 1. The van der Waals surface area contributed by atoms with Crippen LogP contribution in [0.2, 0.25) is 6.04 Å². The van der Waals surface area contributed by atoms with Gasteiger partial charge < -0.3 is 4.74 Å². The monoisotopic (exact) mass is 430 g/mol. The van der Waals surface area contributed by atoms with E-state index in [1.165, 1.54) is 50.1 Å². The lowest BCUT2D eigenvalue weighted by Crippen LogP contribution is -2.13. The molecule has 1 atom stereocenters. The fraction of sp³-hybridized carbons (Fsp3) is 0.684. The third kappa shape index (κ3) is 5.87. The van der Waals surface area contributed by atoms with E-state index in [4.69, 9.17) is 4.74 Å². The summed E-state index contributed by atoms with van der Waals surface area (Å²) in [4.78, 5) is 0. The SMILES string of the molecule is CCC[C@H]1CC[C@H](c2ccc(OCC(C)C[SiH2]I)cc2)CC1. The van der Waals surface area contributed by atoms with Crippen LogP contribution in [-0.2, 0) is 0 Å². The molecule has 1 aromatic carbocycles. The topological polar surface area (TPSA) is 9.23 Å². The summed E-state index contributed by atoms with van der Waals surface area (Å²) < 4.78 is 5.93. The van der Waals surface area contributed by atoms with Gasteiger partial charge in [-0.05, 0) is 67.2 Å². The van der Waals surface area contributed by atoms with Crippen LogP contribution in [0.25, 0.3) is 0 Å². The van der Waals surface area contributed by atoms with Gasteiger partial charge in [-0.1, -0.05) is 38.8 Å². The molecular formula is C19H31IOSi. The van der Waals surface area contributed by atoms with Crippen molar-refractivity contribution in [3.63, 3.8) is 0 Å². The molecule has 0 radical (unpaired) electrons. The Morgan fingerprint density at radius 3 is 2.45 bits per heavy atom. The molecule has 0 aliphatic heterocycles. The molecule has 0 aromatic heterocycles. The fourth-order valence-corrected chi connectivity index (χ4v) is 7.27. The Hall–Kier alpha value is -0.0331. The normalized spacial score (nSPS) is 23.8. The standard InChI is InChI=1S/C19H31IOSi/c1-3-4-16-5-7-17(8-6-16)18-9-11-19(12-10-18)21-13-15(2)14-22-20/h9-12,15-17H,3-8,13-14,22H2,1-2H3/t15?,16-,17-. The third-order valence-electron chi connectivity index (χ3n) is 5.03. The molecule has 0 amide bonds. The molecule has 124 valence electrons. The second kappa shape index (κ2) is 9.96. The quantitative estimate of drug-likeness (QED) is 0.292. The van der Waals surface area contributed by atoms with Crippen LogP contribution in [0.4, 0.5) is 0 Å². The summed E-state index contributed by atoms with van der Waals surface area (Å²) in [7, 11) is 0.128. The number of ether oxygens (including phenoxy) is 1. The highest BCUT2D eigenvalue weighted by Crippen LogP contribution is 2.37. The molecule has 0 N–H and O–H groups in total. The number of hydrogen-bond donors (Lipinski definition) is 0. The minimum absolute atomic E-state index is 0.128. The van der Waals surface area contributed by atoms with Gasteiger partial charge in [-0.15, -0.1) is 21.8 Å². The van der Waals surface area contributed by atoms with E-state index in [9.17, 15) is 0 Å². The molecule has 1 aliphatic carbocycles. The van der Waals surface area contributed by atoms with Crippen molar-refractivity contribution in [2.24, 2.45) is 11.8 Å². The van der Waals surface area contributed by atoms with Crippen molar-refractivity contribution in [3.8, 4) is 5.75 Å². The van der Waals surface area contributed by atoms with Crippen LogP contribution in [0.15, 0.2) is 24.3 Å². The summed E-state index contributed by atoms with van der Waals surface area (Å²) in [6.07, 6.45) is 8.38. The van der Waals surface area contributed by atoms with Crippen molar-refractivity contribution in [1.82, 2.24) is 0 Å². The lowest BCUT2D eigenvalue weighted by Gasteiger charge is -2.28. The van der Waals surface area contributed by atoms with Gasteiger partial charge in [-0.25, -0.2) is 0 Å². The van der Waals surface area contributed by atoms with Gasteiger partial charge in [0.25, 0.3) is 0 Å². The molecule has 2 rings (SSSR count). The Kier molecular flexibility index (Phi) is 8.29. The second-order valence-electron chi connectivity index (χ2n) is 6.97. The van der Waals surface area contributed by atoms with Gasteiger partial charge in [0.1, 0.15) is 5.75 Å². The van der Waals surface area contributed by atoms with Crippen molar-refractivity contribution < 1.29 is 4.74 Å². The van der Waals surface area contributed by atoms with Gasteiger partial charge in [-0.3, -0.25) is 0 Å². The predicted octanol–water partition coefficient (Wildman–Crippen LogP) is 5.71. The van der Waals surface area contributed by atoms with Gasteiger partial charge >= 0.3 is 0 Å². The predicted molar refractivity (Wildman–Crippen MR) is 108 cm³/mol. The highest BCUT2D eigenvalue weighted by Gasteiger charge is 2.21. The van der Waals surface area contributed by atoms with Crippen molar-refractivity contribution >= 4 is 28.8 Å². The lowest BCUT2D eigenvalue weighted by atomic mass is 9.77. The zero-order chi connectivity index (χ0) is 15.8. The first-order chi connectivity index (χ1) is 10.7. The van der Waals surface area contributed by atoms with E-state index in [0.29, 0.717) is 5.92 Å². The van der Waals surface area contributed by atoms with Crippen LogP contribution in [0, 0.1) is 11.8 Å². The Labute approximate surface area is 151 Å². The zero-order valence-electron chi connectivity index (χ0n) is 14.2. The molecule has 3 heteroatoms. The van der Waals surface area contributed by atoms with Gasteiger partial charge in [0, 0.05) is 0 Å². The molecule has 0 saturated heterocycles. The van der Waals surface area contributed by atoms with E-state index in [0.717, 1.165) is 24.2 Å². The van der Waals surface area contributed by atoms with E-state index in [1.54, 1.807) is 0 Å². The molecule has 1 unspecified atom stereocenters. The van der Waals surface area contributed by atoms with Gasteiger partial charge in [0.2, 0.25) is 0 Å². The maximum Gasteiger partial charge on any atom is 0.119 e. The summed E-state index contributed by atoms with van der Waals surface area (Å²) in [5, 5.41) is 0. The molecule has 0 spiro atoms. The molecule has 22 heavy (non-hydrogen) atoms.